The molecule has 4 nitrogen and oxygen atoms in total. The number of carbonyl (C=O) groups is 2. The summed E-state index contributed by atoms with van der Waals surface area (Å²) >= 11 is 0. The van der Waals surface area contributed by atoms with E-state index in [1.165, 1.54) is 19.3 Å². The molecule has 0 saturated carbocycles. The van der Waals surface area contributed by atoms with Crippen LogP contribution in [0.15, 0.2) is 59.9 Å². The molecule has 0 heterocycles. The molecule has 0 bridgehead atoms. The van der Waals surface area contributed by atoms with Gasteiger partial charge in [-0.2, -0.15) is 0 Å². The first-order valence-corrected chi connectivity index (χ1v) is 7.05. The molecule has 0 saturated heterocycles. The predicted octanol–water partition coefficient (Wildman–Crippen LogP) is 3.22. The molecule has 0 amide bonds. The lowest BCUT2D eigenvalue weighted by Gasteiger charge is -2.20. The van der Waals surface area contributed by atoms with Crippen LogP contribution in [-0.2, 0) is 14.3 Å². The zero-order valence-electron chi connectivity index (χ0n) is 12.4. The number of hydrogen-bond donors (Lipinski definition) is 1. The Bertz CT molecular complexity index is 638. The molecule has 4 heteroatoms. The highest BCUT2D eigenvalue weighted by Gasteiger charge is 2.27. The maximum Gasteiger partial charge on any atom is 0.306 e. The Balaban J connectivity index is 2.26. The number of aliphatic hydroxyl groups excluding tert-OH is 1. The summed E-state index contributed by atoms with van der Waals surface area (Å²) in [6.45, 7) is 0. The van der Waals surface area contributed by atoms with E-state index in [-0.39, 0.29) is 29.5 Å². The SMILES string of the molecule is COC(=O)C[C@H]1CC=CC(=O)/C1=C(O)\C=C\c1ccccc1. The predicted molar refractivity (Wildman–Crippen MR) is 84.0 cm³/mol. The molecule has 0 aliphatic heterocycles. The van der Waals surface area contributed by atoms with Crippen LogP contribution in [0.25, 0.3) is 6.08 Å². The lowest BCUT2D eigenvalue weighted by molar-refractivity contribution is -0.141. The van der Waals surface area contributed by atoms with Crippen LogP contribution in [0.2, 0.25) is 0 Å². The van der Waals surface area contributed by atoms with E-state index in [9.17, 15) is 14.7 Å². The van der Waals surface area contributed by atoms with Crippen LogP contribution in [0.5, 0.6) is 0 Å². The zero-order chi connectivity index (χ0) is 15.9. The summed E-state index contributed by atoms with van der Waals surface area (Å²) in [7, 11) is 1.31. The van der Waals surface area contributed by atoms with Crippen molar-refractivity contribution in [3.63, 3.8) is 0 Å². The van der Waals surface area contributed by atoms with Crippen LogP contribution in [0.1, 0.15) is 18.4 Å². The van der Waals surface area contributed by atoms with Crippen molar-refractivity contribution in [2.24, 2.45) is 5.92 Å². The number of ether oxygens (including phenoxy) is 1. The second-order valence-corrected chi connectivity index (χ2v) is 5.02. The lowest BCUT2D eigenvalue weighted by atomic mass is 9.84. The standard InChI is InChI=1S/C18H18O4/c1-22-17(21)12-14-8-5-9-15(19)18(14)16(20)11-10-13-6-3-2-4-7-13/h2-7,9-11,14,20H,8,12H2,1H3/b11-10+,18-16+/t14-/m1/s1. The molecule has 1 aliphatic rings. The molecule has 114 valence electrons. The number of allylic oxidation sites excluding steroid dienone is 4. The molecule has 0 aromatic heterocycles. The second-order valence-electron chi connectivity index (χ2n) is 5.02. The number of methoxy groups -OCH3 is 1. The Labute approximate surface area is 129 Å². The first-order valence-electron chi connectivity index (χ1n) is 7.05. The summed E-state index contributed by atoms with van der Waals surface area (Å²) in [5.41, 5.74) is 1.18. The summed E-state index contributed by atoms with van der Waals surface area (Å²) in [6.07, 6.45) is 6.96. The van der Waals surface area contributed by atoms with Gasteiger partial charge in [0.2, 0.25) is 0 Å². The summed E-state index contributed by atoms with van der Waals surface area (Å²) in [4.78, 5) is 23.5. The highest BCUT2D eigenvalue weighted by Crippen LogP contribution is 2.28. The third-order valence-corrected chi connectivity index (χ3v) is 3.51. The average molecular weight is 298 g/mol. The minimum Gasteiger partial charge on any atom is -0.508 e. The fourth-order valence-corrected chi connectivity index (χ4v) is 2.38. The molecule has 1 aliphatic carbocycles. The monoisotopic (exact) mass is 298 g/mol. The van der Waals surface area contributed by atoms with Crippen molar-refractivity contribution in [1.29, 1.82) is 0 Å². The highest BCUT2D eigenvalue weighted by molar-refractivity contribution is 6.06. The quantitative estimate of drug-likeness (QED) is 0.526. The fraction of sp³-hybridized carbons (Fsp3) is 0.222. The molecule has 2 rings (SSSR count). The number of ketones is 1. The molecule has 0 spiro atoms. The Kier molecular flexibility index (Phi) is 5.31. The number of hydrogen-bond acceptors (Lipinski definition) is 4. The van der Waals surface area contributed by atoms with E-state index in [0.717, 1.165) is 5.56 Å². The van der Waals surface area contributed by atoms with Gasteiger partial charge >= 0.3 is 5.97 Å². The molecule has 1 aromatic carbocycles. The van der Waals surface area contributed by atoms with Gasteiger partial charge in [-0.15, -0.1) is 0 Å². The van der Waals surface area contributed by atoms with Gasteiger partial charge in [0.15, 0.2) is 5.78 Å². The van der Waals surface area contributed by atoms with Crippen LogP contribution in [0.3, 0.4) is 0 Å². The first-order chi connectivity index (χ1) is 10.6. The highest BCUT2D eigenvalue weighted by atomic mass is 16.5. The first kappa shape index (κ1) is 15.8. The van der Waals surface area contributed by atoms with Gasteiger partial charge in [-0.1, -0.05) is 42.5 Å². The van der Waals surface area contributed by atoms with Crippen LogP contribution < -0.4 is 0 Å². The van der Waals surface area contributed by atoms with E-state index in [1.807, 2.05) is 30.3 Å². The van der Waals surface area contributed by atoms with Crippen LogP contribution in [0.4, 0.5) is 0 Å². The Hall–Kier alpha value is -2.62. The molecule has 1 atom stereocenters. The van der Waals surface area contributed by atoms with Crippen molar-refractivity contribution in [3.8, 4) is 0 Å². The molecule has 1 N–H and O–H groups in total. The van der Waals surface area contributed by atoms with Crippen molar-refractivity contribution in [3.05, 3.63) is 65.5 Å². The lowest BCUT2D eigenvalue weighted by Crippen LogP contribution is -2.20. The third-order valence-electron chi connectivity index (χ3n) is 3.51. The van der Waals surface area contributed by atoms with Crippen LogP contribution >= 0.6 is 0 Å². The van der Waals surface area contributed by atoms with E-state index in [0.29, 0.717) is 6.42 Å². The molecule has 22 heavy (non-hydrogen) atoms. The van der Waals surface area contributed by atoms with E-state index in [4.69, 9.17) is 0 Å². The number of rotatable bonds is 4. The maximum atomic E-state index is 12.0. The largest absolute Gasteiger partial charge is 0.508 e. The minimum atomic E-state index is -0.398. The van der Waals surface area contributed by atoms with Crippen molar-refractivity contribution in [2.45, 2.75) is 12.8 Å². The van der Waals surface area contributed by atoms with Gasteiger partial charge in [0, 0.05) is 11.5 Å². The molecule has 1 aromatic rings. The van der Waals surface area contributed by atoms with E-state index in [2.05, 4.69) is 4.74 Å². The second kappa shape index (κ2) is 7.41. The maximum absolute atomic E-state index is 12.0. The molecular formula is C18H18O4. The number of benzene rings is 1. The average Bonchev–Trinajstić information content (AvgIpc) is 2.53. The normalized spacial score (nSPS) is 20.2. The van der Waals surface area contributed by atoms with Gasteiger partial charge in [-0.05, 0) is 24.1 Å². The van der Waals surface area contributed by atoms with Crippen molar-refractivity contribution in [1.82, 2.24) is 0 Å². The summed E-state index contributed by atoms with van der Waals surface area (Å²) < 4.78 is 4.65. The number of carbonyl (C=O) groups excluding carboxylic acids is 2. The Morgan fingerprint density at radius 2 is 2.09 bits per heavy atom. The summed E-state index contributed by atoms with van der Waals surface area (Å²) in [5.74, 6) is -1.13. The van der Waals surface area contributed by atoms with Gasteiger partial charge in [0.05, 0.1) is 13.5 Å². The topological polar surface area (TPSA) is 63.6 Å². The van der Waals surface area contributed by atoms with Gasteiger partial charge in [0.1, 0.15) is 5.76 Å². The van der Waals surface area contributed by atoms with E-state index < -0.39 is 5.97 Å². The molecule has 0 unspecified atom stereocenters. The number of esters is 1. The molecule has 0 fully saturated rings. The molecular weight excluding hydrogens is 280 g/mol. The Morgan fingerprint density at radius 3 is 2.77 bits per heavy atom. The number of aliphatic hydroxyl groups is 1. The van der Waals surface area contributed by atoms with Crippen molar-refractivity contribution < 1.29 is 19.4 Å². The van der Waals surface area contributed by atoms with Gasteiger partial charge < -0.3 is 9.84 Å². The fourth-order valence-electron chi connectivity index (χ4n) is 2.38. The zero-order valence-corrected chi connectivity index (χ0v) is 12.4. The molecule has 0 radical (unpaired) electrons. The van der Waals surface area contributed by atoms with E-state index in [1.54, 1.807) is 12.2 Å². The minimum absolute atomic E-state index is 0.0746. The van der Waals surface area contributed by atoms with Gasteiger partial charge in [-0.3, -0.25) is 9.59 Å². The van der Waals surface area contributed by atoms with Crippen LogP contribution in [-0.4, -0.2) is 24.0 Å². The summed E-state index contributed by atoms with van der Waals surface area (Å²) in [6, 6.07) is 9.46. The smallest absolute Gasteiger partial charge is 0.306 e. The van der Waals surface area contributed by atoms with Crippen LogP contribution in [0, 0.1) is 5.92 Å². The van der Waals surface area contributed by atoms with E-state index >= 15 is 0 Å². The summed E-state index contributed by atoms with van der Waals surface area (Å²) in [5, 5.41) is 10.2. The van der Waals surface area contributed by atoms with Crippen molar-refractivity contribution in [2.75, 3.05) is 7.11 Å². The Morgan fingerprint density at radius 1 is 1.36 bits per heavy atom. The van der Waals surface area contributed by atoms with Crippen molar-refractivity contribution >= 4 is 17.8 Å². The third kappa shape index (κ3) is 3.95. The van der Waals surface area contributed by atoms with Gasteiger partial charge in [0.25, 0.3) is 0 Å². The van der Waals surface area contributed by atoms with Gasteiger partial charge in [-0.25, -0.2) is 0 Å².